The lowest BCUT2D eigenvalue weighted by Gasteiger charge is -2.20. The first kappa shape index (κ1) is 13.9. The van der Waals surface area contributed by atoms with Crippen molar-refractivity contribution in [2.75, 3.05) is 26.8 Å². The Kier molecular flexibility index (Phi) is 7.62. The van der Waals surface area contributed by atoms with Gasteiger partial charge in [-0.1, -0.05) is 13.3 Å². The average molecular weight is 217 g/mol. The van der Waals surface area contributed by atoms with E-state index in [-0.39, 0.29) is 12.5 Å². The van der Waals surface area contributed by atoms with Gasteiger partial charge in [0, 0.05) is 20.1 Å². The van der Waals surface area contributed by atoms with Crippen LogP contribution in [0, 0.1) is 0 Å². The number of carboxylic acid groups (broad SMARTS) is 1. The molecule has 5 heteroatoms. The zero-order valence-corrected chi connectivity index (χ0v) is 9.36. The van der Waals surface area contributed by atoms with E-state index < -0.39 is 5.97 Å². The third-order valence-electron chi connectivity index (χ3n) is 1.99. The molecule has 1 N–H and O–H groups in total. The molecule has 0 aromatic rings. The van der Waals surface area contributed by atoms with Gasteiger partial charge >= 0.3 is 5.97 Å². The highest BCUT2D eigenvalue weighted by molar-refractivity contribution is 5.81. The molecule has 1 amide bonds. The number of unbranched alkanes of at least 4 members (excludes halogenated alkanes) is 1. The highest BCUT2D eigenvalue weighted by Crippen LogP contribution is 2.00. The van der Waals surface area contributed by atoms with E-state index in [2.05, 4.69) is 0 Å². The third-order valence-corrected chi connectivity index (χ3v) is 1.99. The Morgan fingerprint density at radius 2 is 2.07 bits per heavy atom. The summed E-state index contributed by atoms with van der Waals surface area (Å²) < 4.78 is 4.82. The number of ether oxygens (including phenoxy) is 1. The molecule has 0 aromatic carbocycles. The number of methoxy groups -OCH3 is 1. The van der Waals surface area contributed by atoms with Gasteiger partial charge in [0.2, 0.25) is 5.91 Å². The molecule has 0 radical (unpaired) electrons. The second-order valence-corrected chi connectivity index (χ2v) is 3.31. The zero-order chi connectivity index (χ0) is 11.7. The Labute approximate surface area is 90.0 Å². The maximum Gasteiger partial charge on any atom is 0.323 e. The average Bonchev–Trinajstić information content (AvgIpc) is 2.20. The van der Waals surface area contributed by atoms with E-state index in [0.717, 1.165) is 12.8 Å². The summed E-state index contributed by atoms with van der Waals surface area (Å²) in [5.41, 5.74) is 0. The summed E-state index contributed by atoms with van der Waals surface area (Å²) in [4.78, 5) is 23.4. The van der Waals surface area contributed by atoms with Crippen LogP contribution in [-0.4, -0.2) is 48.7 Å². The van der Waals surface area contributed by atoms with Crippen LogP contribution in [0.3, 0.4) is 0 Å². The second-order valence-electron chi connectivity index (χ2n) is 3.31. The largest absolute Gasteiger partial charge is 0.480 e. The Hall–Kier alpha value is -1.10. The summed E-state index contributed by atoms with van der Waals surface area (Å²) in [7, 11) is 1.52. The first-order valence-corrected chi connectivity index (χ1v) is 5.10. The van der Waals surface area contributed by atoms with Gasteiger partial charge in [0.05, 0.1) is 6.61 Å². The lowest BCUT2D eigenvalue weighted by atomic mass is 10.2. The van der Waals surface area contributed by atoms with Crippen molar-refractivity contribution < 1.29 is 19.4 Å². The summed E-state index contributed by atoms with van der Waals surface area (Å²) in [6, 6.07) is 0. The van der Waals surface area contributed by atoms with Gasteiger partial charge in [0.25, 0.3) is 0 Å². The number of rotatable bonds is 8. The Morgan fingerprint density at radius 1 is 1.40 bits per heavy atom. The van der Waals surface area contributed by atoms with Gasteiger partial charge in [0.15, 0.2) is 0 Å². The van der Waals surface area contributed by atoms with Crippen molar-refractivity contribution in [3.8, 4) is 0 Å². The van der Waals surface area contributed by atoms with Crippen molar-refractivity contribution in [3.63, 3.8) is 0 Å². The lowest BCUT2D eigenvalue weighted by Crippen LogP contribution is -2.37. The molecule has 15 heavy (non-hydrogen) atoms. The van der Waals surface area contributed by atoms with Crippen LogP contribution in [0.1, 0.15) is 26.2 Å². The molecule has 0 aliphatic rings. The molecule has 0 rings (SSSR count). The standard InChI is InChI=1S/C10H19NO4/c1-3-4-5-9(12)11(6-7-15-2)8-10(13)14/h3-8H2,1-2H3,(H,13,14). The van der Waals surface area contributed by atoms with Gasteiger partial charge in [0.1, 0.15) is 6.54 Å². The van der Waals surface area contributed by atoms with Crippen molar-refractivity contribution in [3.05, 3.63) is 0 Å². The number of aliphatic carboxylic acids is 1. The lowest BCUT2D eigenvalue weighted by molar-refractivity contribution is -0.144. The van der Waals surface area contributed by atoms with Crippen molar-refractivity contribution in [1.29, 1.82) is 0 Å². The fraction of sp³-hybridized carbons (Fsp3) is 0.800. The highest BCUT2D eigenvalue weighted by Gasteiger charge is 2.15. The second kappa shape index (κ2) is 8.23. The number of carbonyl (C=O) groups excluding carboxylic acids is 1. The molecular formula is C10H19NO4. The van der Waals surface area contributed by atoms with Crippen LogP contribution in [0.5, 0.6) is 0 Å². The van der Waals surface area contributed by atoms with Gasteiger partial charge in [-0.2, -0.15) is 0 Å². The van der Waals surface area contributed by atoms with Crippen molar-refractivity contribution in [2.45, 2.75) is 26.2 Å². The van der Waals surface area contributed by atoms with Crippen LogP contribution in [0.4, 0.5) is 0 Å². The third kappa shape index (κ3) is 6.90. The molecule has 5 nitrogen and oxygen atoms in total. The highest BCUT2D eigenvalue weighted by atomic mass is 16.5. The van der Waals surface area contributed by atoms with E-state index >= 15 is 0 Å². The van der Waals surface area contributed by atoms with E-state index in [0.29, 0.717) is 19.6 Å². The SMILES string of the molecule is CCCCC(=O)N(CCOC)CC(=O)O. The maximum absolute atomic E-state index is 11.6. The summed E-state index contributed by atoms with van der Waals surface area (Å²) in [6.45, 7) is 2.45. The molecule has 88 valence electrons. The summed E-state index contributed by atoms with van der Waals surface area (Å²) in [5, 5.41) is 8.62. The van der Waals surface area contributed by atoms with Gasteiger partial charge < -0.3 is 14.7 Å². The monoisotopic (exact) mass is 217 g/mol. The Morgan fingerprint density at radius 3 is 2.53 bits per heavy atom. The molecule has 0 aliphatic carbocycles. The van der Waals surface area contributed by atoms with Gasteiger partial charge in [-0.25, -0.2) is 0 Å². The van der Waals surface area contributed by atoms with Crippen LogP contribution in [0.2, 0.25) is 0 Å². The van der Waals surface area contributed by atoms with Crippen LogP contribution in [0.25, 0.3) is 0 Å². The predicted molar refractivity (Wildman–Crippen MR) is 55.6 cm³/mol. The smallest absolute Gasteiger partial charge is 0.323 e. The summed E-state index contributed by atoms with van der Waals surface area (Å²) >= 11 is 0. The number of carbonyl (C=O) groups is 2. The molecule has 0 saturated heterocycles. The molecule has 0 atom stereocenters. The van der Waals surface area contributed by atoms with E-state index in [1.165, 1.54) is 12.0 Å². The number of amides is 1. The van der Waals surface area contributed by atoms with Gasteiger partial charge in [-0.3, -0.25) is 9.59 Å². The van der Waals surface area contributed by atoms with Crippen LogP contribution in [0.15, 0.2) is 0 Å². The first-order valence-electron chi connectivity index (χ1n) is 5.10. The molecule has 0 heterocycles. The fourth-order valence-corrected chi connectivity index (χ4v) is 1.14. The van der Waals surface area contributed by atoms with Crippen molar-refractivity contribution in [1.82, 2.24) is 4.90 Å². The quantitative estimate of drug-likeness (QED) is 0.651. The maximum atomic E-state index is 11.6. The summed E-state index contributed by atoms with van der Waals surface area (Å²) in [5.74, 6) is -1.10. The minimum Gasteiger partial charge on any atom is -0.480 e. The van der Waals surface area contributed by atoms with Crippen LogP contribution < -0.4 is 0 Å². The van der Waals surface area contributed by atoms with Crippen molar-refractivity contribution in [2.24, 2.45) is 0 Å². The molecule has 0 spiro atoms. The fourth-order valence-electron chi connectivity index (χ4n) is 1.14. The van der Waals surface area contributed by atoms with Crippen LogP contribution in [-0.2, 0) is 14.3 Å². The molecule has 0 aliphatic heterocycles. The van der Waals surface area contributed by atoms with Crippen molar-refractivity contribution >= 4 is 11.9 Å². The molecule has 0 bridgehead atoms. The number of nitrogens with zero attached hydrogens (tertiary/aromatic N) is 1. The van der Waals surface area contributed by atoms with E-state index in [1.807, 2.05) is 6.92 Å². The molecular weight excluding hydrogens is 198 g/mol. The van der Waals surface area contributed by atoms with Gasteiger partial charge in [-0.15, -0.1) is 0 Å². The Bertz CT molecular complexity index is 206. The molecule has 0 fully saturated rings. The Balaban J connectivity index is 4.07. The topological polar surface area (TPSA) is 66.8 Å². The summed E-state index contributed by atoms with van der Waals surface area (Å²) in [6.07, 6.45) is 2.13. The minimum absolute atomic E-state index is 0.115. The molecule has 0 aromatic heterocycles. The number of hydrogen-bond acceptors (Lipinski definition) is 3. The van der Waals surface area contributed by atoms with E-state index in [1.54, 1.807) is 0 Å². The first-order chi connectivity index (χ1) is 7.11. The van der Waals surface area contributed by atoms with Crippen LogP contribution >= 0.6 is 0 Å². The minimum atomic E-state index is -0.990. The van der Waals surface area contributed by atoms with Gasteiger partial charge in [-0.05, 0) is 6.42 Å². The van der Waals surface area contributed by atoms with E-state index in [4.69, 9.17) is 9.84 Å². The van der Waals surface area contributed by atoms with E-state index in [9.17, 15) is 9.59 Å². The normalized spacial score (nSPS) is 10.0. The molecule has 0 unspecified atom stereocenters. The molecule has 0 saturated carbocycles. The number of carboxylic acids is 1. The predicted octanol–water partition coefficient (Wildman–Crippen LogP) is 0.736. The number of hydrogen-bond donors (Lipinski definition) is 1. The zero-order valence-electron chi connectivity index (χ0n) is 9.36.